The van der Waals surface area contributed by atoms with Crippen LogP contribution < -0.4 is 15.4 Å². The number of Topliss-reactive ketones (excluding diaryl/α,β-unsaturated/α-hetero) is 1. The van der Waals surface area contributed by atoms with Crippen LogP contribution in [0.15, 0.2) is 18.2 Å². The molecule has 0 aliphatic carbocycles. The van der Waals surface area contributed by atoms with Gasteiger partial charge in [-0.15, -0.1) is 0 Å². The van der Waals surface area contributed by atoms with Gasteiger partial charge in [-0.2, -0.15) is 0 Å². The maximum atomic E-state index is 12.0. The standard InChI is InChI=1S/C13H16N2O3/c1-8(16)7-15-11-4-3-10(6-14)5-12(11)18-9(2)13(15)17/h3-5,9H,6-7,14H2,1-2H3. The van der Waals surface area contributed by atoms with Gasteiger partial charge < -0.3 is 10.5 Å². The van der Waals surface area contributed by atoms with Gasteiger partial charge in [0.15, 0.2) is 6.10 Å². The van der Waals surface area contributed by atoms with Crippen LogP contribution in [0.5, 0.6) is 5.75 Å². The summed E-state index contributed by atoms with van der Waals surface area (Å²) in [4.78, 5) is 24.7. The summed E-state index contributed by atoms with van der Waals surface area (Å²) in [5.41, 5.74) is 7.13. The number of hydrogen-bond donors (Lipinski definition) is 1. The van der Waals surface area contributed by atoms with Crippen LogP contribution in [0.25, 0.3) is 0 Å². The molecule has 18 heavy (non-hydrogen) atoms. The lowest BCUT2D eigenvalue weighted by molar-refractivity contribution is -0.127. The van der Waals surface area contributed by atoms with Gasteiger partial charge in [0.05, 0.1) is 12.2 Å². The van der Waals surface area contributed by atoms with Crippen molar-refractivity contribution in [1.82, 2.24) is 0 Å². The van der Waals surface area contributed by atoms with Crippen LogP contribution in [0.1, 0.15) is 19.4 Å². The van der Waals surface area contributed by atoms with E-state index in [-0.39, 0.29) is 18.2 Å². The summed E-state index contributed by atoms with van der Waals surface area (Å²) < 4.78 is 5.54. The van der Waals surface area contributed by atoms with Gasteiger partial charge in [-0.1, -0.05) is 6.07 Å². The van der Waals surface area contributed by atoms with E-state index < -0.39 is 6.10 Å². The lowest BCUT2D eigenvalue weighted by Gasteiger charge is -2.32. The Kier molecular flexibility index (Phi) is 3.34. The van der Waals surface area contributed by atoms with Crippen molar-refractivity contribution in [2.75, 3.05) is 11.4 Å². The Morgan fingerprint density at radius 1 is 1.50 bits per heavy atom. The number of carbonyl (C=O) groups is 2. The van der Waals surface area contributed by atoms with Crippen molar-refractivity contribution >= 4 is 17.4 Å². The highest BCUT2D eigenvalue weighted by atomic mass is 16.5. The molecular weight excluding hydrogens is 232 g/mol. The molecule has 2 N–H and O–H groups in total. The van der Waals surface area contributed by atoms with Crippen molar-refractivity contribution < 1.29 is 14.3 Å². The van der Waals surface area contributed by atoms with E-state index in [1.807, 2.05) is 12.1 Å². The van der Waals surface area contributed by atoms with Crippen LogP contribution in [-0.4, -0.2) is 24.3 Å². The average molecular weight is 248 g/mol. The van der Waals surface area contributed by atoms with E-state index in [2.05, 4.69) is 0 Å². The van der Waals surface area contributed by atoms with E-state index in [1.54, 1.807) is 13.0 Å². The summed E-state index contributed by atoms with van der Waals surface area (Å²) in [6.45, 7) is 3.61. The van der Waals surface area contributed by atoms with Gasteiger partial charge in [0.1, 0.15) is 11.5 Å². The average Bonchev–Trinajstić information content (AvgIpc) is 2.33. The highest BCUT2D eigenvalue weighted by Crippen LogP contribution is 2.34. The van der Waals surface area contributed by atoms with Crippen molar-refractivity contribution in [3.63, 3.8) is 0 Å². The van der Waals surface area contributed by atoms with Crippen LogP contribution in [0.3, 0.4) is 0 Å². The second-order valence-corrected chi connectivity index (χ2v) is 4.39. The third kappa shape index (κ3) is 2.22. The molecule has 0 saturated heterocycles. The molecule has 96 valence electrons. The normalized spacial score (nSPS) is 18.3. The number of ketones is 1. The molecule has 0 saturated carbocycles. The number of rotatable bonds is 3. The fourth-order valence-corrected chi connectivity index (χ4v) is 1.97. The van der Waals surface area contributed by atoms with E-state index in [4.69, 9.17) is 10.5 Å². The number of nitrogens with two attached hydrogens (primary N) is 1. The van der Waals surface area contributed by atoms with Crippen LogP contribution in [0.2, 0.25) is 0 Å². The van der Waals surface area contributed by atoms with Crippen molar-refractivity contribution in [3.8, 4) is 5.75 Å². The molecule has 1 atom stereocenters. The van der Waals surface area contributed by atoms with Gasteiger partial charge >= 0.3 is 0 Å². The Hall–Kier alpha value is -1.88. The van der Waals surface area contributed by atoms with Crippen LogP contribution in [0.4, 0.5) is 5.69 Å². The second-order valence-electron chi connectivity index (χ2n) is 4.39. The Morgan fingerprint density at radius 3 is 2.83 bits per heavy atom. The molecule has 1 aromatic carbocycles. The van der Waals surface area contributed by atoms with Crippen molar-refractivity contribution in [2.24, 2.45) is 5.73 Å². The molecular formula is C13H16N2O3. The Bertz CT molecular complexity index is 499. The quantitative estimate of drug-likeness (QED) is 0.860. The number of benzene rings is 1. The molecule has 0 fully saturated rings. The summed E-state index contributed by atoms with van der Waals surface area (Å²) in [5, 5.41) is 0. The molecule has 5 heteroatoms. The molecule has 1 amide bonds. The fraction of sp³-hybridized carbons (Fsp3) is 0.385. The molecule has 0 bridgehead atoms. The first-order valence-electron chi connectivity index (χ1n) is 5.83. The lowest BCUT2D eigenvalue weighted by Crippen LogP contribution is -2.46. The number of amides is 1. The van der Waals surface area contributed by atoms with Gasteiger partial charge in [-0.25, -0.2) is 0 Å². The van der Waals surface area contributed by atoms with E-state index in [0.29, 0.717) is 18.0 Å². The van der Waals surface area contributed by atoms with E-state index >= 15 is 0 Å². The molecule has 0 radical (unpaired) electrons. The first-order chi connectivity index (χ1) is 8.52. The van der Waals surface area contributed by atoms with Gasteiger partial charge in [-0.3, -0.25) is 14.5 Å². The zero-order valence-electron chi connectivity index (χ0n) is 10.5. The molecule has 1 aliphatic heterocycles. The van der Waals surface area contributed by atoms with E-state index in [9.17, 15) is 9.59 Å². The molecule has 0 spiro atoms. The zero-order chi connectivity index (χ0) is 13.3. The maximum Gasteiger partial charge on any atom is 0.268 e. The van der Waals surface area contributed by atoms with Gasteiger partial charge in [-0.05, 0) is 31.5 Å². The molecule has 1 aromatic rings. The molecule has 1 heterocycles. The number of ether oxygens (including phenoxy) is 1. The largest absolute Gasteiger partial charge is 0.479 e. The minimum atomic E-state index is -0.579. The van der Waals surface area contributed by atoms with Gasteiger partial charge in [0, 0.05) is 6.54 Å². The highest BCUT2D eigenvalue weighted by Gasteiger charge is 2.32. The van der Waals surface area contributed by atoms with E-state index in [0.717, 1.165) is 5.56 Å². The summed E-state index contributed by atoms with van der Waals surface area (Å²) in [6.07, 6.45) is -0.579. The number of hydrogen-bond acceptors (Lipinski definition) is 4. The van der Waals surface area contributed by atoms with E-state index in [1.165, 1.54) is 11.8 Å². The highest BCUT2D eigenvalue weighted by molar-refractivity contribution is 6.03. The number of carbonyl (C=O) groups excluding carboxylic acids is 2. The smallest absolute Gasteiger partial charge is 0.268 e. The summed E-state index contributed by atoms with van der Waals surface area (Å²) in [5.74, 6) is 0.343. The Labute approximate surface area is 106 Å². The minimum Gasteiger partial charge on any atom is -0.479 e. The first-order valence-corrected chi connectivity index (χ1v) is 5.83. The van der Waals surface area contributed by atoms with Gasteiger partial charge in [0.25, 0.3) is 5.91 Å². The second kappa shape index (κ2) is 4.78. The third-order valence-electron chi connectivity index (χ3n) is 2.85. The number of nitrogens with zero attached hydrogens (tertiary/aromatic N) is 1. The monoisotopic (exact) mass is 248 g/mol. The number of fused-ring (bicyclic) bond motifs is 1. The maximum absolute atomic E-state index is 12.0. The lowest BCUT2D eigenvalue weighted by atomic mass is 10.1. The van der Waals surface area contributed by atoms with Gasteiger partial charge in [0.2, 0.25) is 0 Å². The molecule has 2 rings (SSSR count). The number of anilines is 1. The summed E-state index contributed by atoms with van der Waals surface area (Å²) in [6, 6.07) is 5.41. The molecule has 1 aliphatic rings. The van der Waals surface area contributed by atoms with Crippen LogP contribution in [0, 0.1) is 0 Å². The topological polar surface area (TPSA) is 72.6 Å². The summed E-state index contributed by atoms with van der Waals surface area (Å²) >= 11 is 0. The minimum absolute atomic E-state index is 0.0636. The molecule has 0 aromatic heterocycles. The Balaban J connectivity index is 2.43. The zero-order valence-corrected chi connectivity index (χ0v) is 10.5. The van der Waals surface area contributed by atoms with Crippen molar-refractivity contribution in [2.45, 2.75) is 26.5 Å². The molecule has 1 unspecified atom stereocenters. The fourth-order valence-electron chi connectivity index (χ4n) is 1.97. The molecule has 5 nitrogen and oxygen atoms in total. The summed E-state index contributed by atoms with van der Waals surface area (Å²) in [7, 11) is 0. The first kappa shape index (κ1) is 12.6. The SMILES string of the molecule is CC(=O)CN1C(=O)C(C)Oc2cc(CN)ccc21. The Morgan fingerprint density at radius 2 is 2.22 bits per heavy atom. The predicted molar refractivity (Wildman–Crippen MR) is 67.5 cm³/mol. The van der Waals surface area contributed by atoms with Crippen molar-refractivity contribution in [3.05, 3.63) is 23.8 Å². The van der Waals surface area contributed by atoms with Crippen LogP contribution in [-0.2, 0) is 16.1 Å². The predicted octanol–water partition coefficient (Wildman–Crippen LogP) is 0.848. The van der Waals surface area contributed by atoms with Crippen molar-refractivity contribution in [1.29, 1.82) is 0 Å². The third-order valence-corrected chi connectivity index (χ3v) is 2.85. The van der Waals surface area contributed by atoms with Crippen LogP contribution >= 0.6 is 0 Å².